The van der Waals surface area contributed by atoms with Crippen LogP contribution in [0.15, 0.2) is 36.9 Å². The minimum atomic E-state index is 0.252. The summed E-state index contributed by atoms with van der Waals surface area (Å²) in [6.45, 7) is 4.20. The first-order valence-electron chi connectivity index (χ1n) is 5.20. The van der Waals surface area contributed by atoms with Gasteiger partial charge in [0, 0.05) is 32.0 Å². The van der Waals surface area contributed by atoms with Crippen LogP contribution in [0.25, 0.3) is 0 Å². The highest BCUT2D eigenvalue weighted by atomic mass is 32.1. The molecule has 0 heterocycles. The van der Waals surface area contributed by atoms with Crippen LogP contribution in [0.5, 0.6) is 0 Å². The van der Waals surface area contributed by atoms with Crippen molar-refractivity contribution in [1.82, 2.24) is 0 Å². The van der Waals surface area contributed by atoms with Crippen LogP contribution in [-0.4, -0.2) is 25.6 Å². The van der Waals surface area contributed by atoms with Crippen molar-refractivity contribution in [3.05, 3.63) is 36.9 Å². The molecule has 0 spiro atoms. The van der Waals surface area contributed by atoms with Crippen LogP contribution in [0.1, 0.15) is 0 Å². The Balaban J connectivity index is 3.00. The van der Waals surface area contributed by atoms with E-state index in [2.05, 4.69) is 6.58 Å². The fourth-order valence-electron chi connectivity index (χ4n) is 1.43. The standard InChI is InChI=1S/C13H15N3S/c1-4-9-16(13(17)10-14)12-7-5-11(6-8-12)15(2)3/h4-8H,1,9H2,2-3H3. The molecule has 0 atom stereocenters. The molecule has 4 heteroatoms. The summed E-state index contributed by atoms with van der Waals surface area (Å²) in [7, 11) is 3.97. The molecule has 0 radical (unpaired) electrons. The number of benzene rings is 1. The van der Waals surface area contributed by atoms with E-state index in [4.69, 9.17) is 17.5 Å². The summed E-state index contributed by atoms with van der Waals surface area (Å²) in [4.78, 5) is 4.02. The van der Waals surface area contributed by atoms with Crippen molar-refractivity contribution < 1.29 is 0 Å². The lowest BCUT2D eigenvalue weighted by atomic mass is 10.2. The van der Waals surface area contributed by atoms with Crippen LogP contribution in [0, 0.1) is 11.3 Å². The van der Waals surface area contributed by atoms with Crippen molar-refractivity contribution in [1.29, 1.82) is 5.26 Å². The molecule has 0 aromatic heterocycles. The molecular weight excluding hydrogens is 230 g/mol. The maximum atomic E-state index is 8.86. The summed E-state index contributed by atoms with van der Waals surface area (Å²) in [6.07, 6.45) is 1.73. The summed E-state index contributed by atoms with van der Waals surface area (Å²) in [5.74, 6) is 0. The average molecular weight is 245 g/mol. The van der Waals surface area contributed by atoms with Gasteiger partial charge in [0.1, 0.15) is 6.07 Å². The summed E-state index contributed by atoms with van der Waals surface area (Å²) in [5.41, 5.74) is 2.01. The molecule has 0 saturated carbocycles. The zero-order chi connectivity index (χ0) is 12.8. The van der Waals surface area contributed by atoms with Gasteiger partial charge in [0.15, 0.2) is 4.99 Å². The van der Waals surface area contributed by atoms with Crippen LogP contribution in [0.4, 0.5) is 11.4 Å². The Bertz CT molecular complexity index is 443. The van der Waals surface area contributed by atoms with Crippen molar-refractivity contribution in [2.45, 2.75) is 0 Å². The third kappa shape index (κ3) is 3.30. The second kappa shape index (κ2) is 6.02. The van der Waals surface area contributed by atoms with Gasteiger partial charge in [-0.2, -0.15) is 5.26 Å². The van der Waals surface area contributed by atoms with E-state index in [1.807, 2.05) is 49.3 Å². The Morgan fingerprint density at radius 3 is 2.29 bits per heavy atom. The SMILES string of the molecule is C=CCN(C(=S)C#N)c1ccc(N(C)C)cc1. The molecule has 0 fully saturated rings. The minimum absolute atomic E-state index is 0.252. The largest absolute Gasteiger partial charge is 0.378 e. The zero-order valence-electron chi connectivity index (χ0n) is 10.1. The highest BCUT2D eigenvalue weighted by Crippen LogP contribution is 2.19. The average Bonchev–Trinajstić information content (AvgIpc) is 2.35. The fraction of sp³-hybridized carbons (Fsp3) is 0.231. The van der Waals surface area contributed by atoms with E-state index in [0.29, 0.717) is 6.54 Å². The Kier molecular flexibility index (Phi) is 4.68. The Morgan fingerprint density at radius 2 is 1.88 bits per heavy atom. The zero-order valence-corrected chi connectivity index (χ0v) is 10.9. The first kappa shape index (κ1) is 13.2. The molecule has 3 nitrogen and oxygen atoms in total. The van der Waals surface area contributed by atoms with Gasteiger partial charge in [0.05, 0.1) is 0 Å². The Hall–Kier alpha value is -1.86. The van der Waals surface area contributed by atoms with Crippen molar-refractivity contribution >= 4 is 28.6 Å². The van der Waals surface area contributed by atoms with E-state index < -0.39 is 0 Å². The van der Waals surface area contributed by atoms with Gasteiger partial charge >= 0.3 is 0 Å². The van der Waals surface area contributed by atoms with E-state index >= 15 is 0 Å². The van der Waals surface area contributed by atoms with Gasteiger partial charge in [-0.1, -0.05) is 6.08 Å². The van der Waals surface area contributed by atoms with E-state index in [-0.39, 0.29) is 4.99 Å². The van der Waals surface area contributed by atoms with Crippen molar-refractivity contribution in [3.63, 3.8) is 0 Å². The van der Waals surface area contributed by atoms with Crippen LogP contribution in [0.3, 0.4) is 0 Å². The normalized spacial score (nSPS) is 9.24. The monoisotopic (exact) mass is 245 g/mol. The third-order valence-corrected chi connectivity index (χ3v) is 2.64. The Labute approximate surface area is 108 Å². The molecule has 0 N–H and O–H groups in total. The smallest absolute Gasteiger partial charge is 0.185 e. The van der Waals surface area contributed by atoms with Gasteiger partial charge in [0.25, 0.3) is 0 Å². The number of hydrogen-bond donors (Lipinski definition) is 0. The molecule has 0 aliphatic rings. The molecule has 0 unspecified atom stereocenters. The van der Waals surface area contributed by atoms with Gasteiger partial charge in [-0.3, -0.25) is 0 Å². The number of nitriles is 1. The minimum Gasteiger partial charge on any atom is -0.378 e. The molecule has 0 aliphatic carbocycles. The summed E-state index contributed by atoms with van der Waals surface area (Å²) in [5, 5.41) is 8.86. The lowest BCUT2D eigenvalue weighted by Gasteiger charge is -2.21. The number of hydrogen-bond acceptors (Lipinski definition) is 3. The maximum absolute atomic E-state index is 8.86. The van der Waals surface area contributed by atoms with E-state index in [0.717, 1.165) is 11.4 Å². The van der Waals surface area contributed by atoms with Crippen LogP contribution in [0.2, 0.25) is 0 Å². The predicted molar refractivity (Wildman–Crippen MR) is 76.5 cm³/mol. The molecule has 1 rings (SSSR count). The highest BCUT2D eigenvalue weighted by molar-refractivity contribution is 7.81. The second-order valence-electron chi connectivity index (χ2n) is 3.73. The molecule has 1 aromatic rings. The highest BCUT2D eigenvalue weighted by Gasteiger charge is 2.09. The molecule has 1 aromatic carbocycles. The summed E-state index contributed by atoms with van der Waals surface area (Å²) >= 11 is 5.02. The number of anilines is 2. The number of thiocarbonyl (C=S) groups is 1. The summed E-state index contributed by atoms with van der Waals surface area (Å²) in [6, 6.07) is 9.86. The first-order chi connectivity index (χ1) is 8.10. The van der Waals surface area contributed by atoms with Crippen molar-refractivity contribution in [3.8, 4) is 6.07 Å². The summed E-state index contributed by atoms with van der Waals surface area (Å²) < 4.78 is 0. The van der Waals surface area contributed by atoms with Crippen molar-refractivity contribution in [2.75, 3.05) is 30.4 Å². The van der Waals surface area contributed by atoms with Gasteiger partial charge < -0.3 is 9.80 Å². The lowest BCUT2D eigenvalue weighted by Crippen LogP contribution is -2.28. The Morgan fingerprint density at radius 1 is 1.35 bits per heavy atom. The van der Waals surface area contributed by atoms with Gasteiger partial charge in [-0.15, -0.1) is 6.58 Å². The molecule has 0 amide bonds. The second-order valence-corrected chi connectivity index (χ2v) is 4.11. The predicted octanol–water partition coefficient (Wildman–Crippen LogP) is 2.60. The molecule has 88 valence electrons. The molecule has 0 aliphatic heterocycles. The molecule has 17 heavy (non-hydrogen) atoms. The number of rotatable bonds is 4. The maximum Gasteiger partial charge on any atom is 0.185 e. The van der Waals surface area contributed by atoms with Crippen LogP contribution in [-0.2, 0) is 0 Å². The number of nitrogens with zero attached hydrogens (tertiary/aromatic N) is 3. The molecular formula is C13H15N3S. The first-order valence-corrected chi connectivity index (χ1v) is 5.61. The lowest BCUT2D eigenvalue weighted by molar-refractivity contribution is 1.12. The van der Waals surface area contributed by atoms with Gasteiger partial charge in [-0.05, 0) is 36.5 Å². The van der Waals surface area contributed by atoms with E-state index in [9.17, 15) is 0 Å². The third-order valence-electron chi connectivity index (χ3n) is 2.33. The quantitative estimate of drug-likeness (QED) is 0.602. The van der Waals surface area contributed by atoms with E-state index in [1.165, 1.54) is 0 Å². The molecule has 0 bridgehead atoms. The van der Waals surface area contributed by atoms with E-state index in [1.54, 1.807) is 11.0 Å². The van der Waals surface area contributed by atoms with Gasteiger partial charge in [0.2, 0.25) is 0 Å². The van der Waals surface area contributed by atoms with Crippen LogP contribution < -0.4 is 9.80 Å². The fourth-order valence-corrected chi connectivity index (χ4v) is 1.61. The molecule has 0 saturated heterocycles. The topological polar surface area (TPSA) is 30.3 Å². The van der Waals surface area contributed by atoms with Gasteiger partial charge in [-0.25, -0.2) is 0 Å². The van der Waals surface area contributed by atoms with Crippen LogP contribution >= 0.6 is 12.2 Å². The van der Waals surface area contributed by atoms with Crippen molar-refractivity contribution in [2.24, 2.45) is 0 Å².